The van der Waals surface area contributed by atoms with Crippen LogP contribution in [0.25, 0.3) is 6.08 Å². The third-order valence-electron chi connectivity index (χ3n) is 3.07. The molecule has 0 aromatic heterocycles. The van der Waals surface area contributed by atoms with Crippen molar-refractivity contribution in [2.45, 2.75) is 6.92 Å². The summed E-state index contributed by atoms with van der Waals surface area (Å²) >= 11 is 5.73. The topological polar surface area (TPSA) is 101 Å². The van der Waals surface area contributed by atoms with Gasteiger partial charge in [-0.3, -0.25) is 19.7 Å². The van der Waals surface area contributed by atoms with Crippen LogP contribution in [-0.4, -0.2) is 16.7 Å². The molecule has 0 aliphatic rings. The lowest BCUT2D eigenvalue weighted by atomic mass is 10.2. The molecule has 2 rings (SSSR count). The van der Waals surface area contributed by atoms with Crippen molar-refractivity contribution in [3.8, 4) is 0 Å². The molecule has 0 bridgehead atoms. The zero-order valence-electron chi connectivity index (χ0n) is 13.2. The van der Waals surface area contributed by atoms with E-state index in [1.54, 1.807) is 30.3 Å². The van der Waals surface area contributed by atoms with Gasteiger partial charge in [-0.25, -0.2) is 0 Å². The van der Waals surface area contributed by atoms with E-state index in [4.69, 9.17) is 11.6 Å². The highest BCUT2D eigenvalue weighted by Gasteiger charge is 2.11. The van der Waals surface area contributed by atoms with E-state index >= 15 is 0 Å². The minimum atomic E-state index is -0.587. The second-order valence-electron chi connectivity index (χ2n) is 5.05. The van der Waals surface area contributed by atoms with Gasteiger partial charge in [0.15, 0.2) is 0 Å². The Morgan fingerprint density at radius 3 is 2.24 bits per heavy atom. The molecule has 0 spiro atoms. The minimum Gasteiger partial charge on any atom is -0.326 e. The van der Waals surface area contributed by atoms with Gasteiger partial charge in [0.05, 0.1) is 4.92 Å². The maximum absolute atomic E-state index is 11.9. The Labute approximate surface area is 148 Å². The molecule has 0 saturated heterocycles. The molecule has 2 N–H and O–H groups in total. The number of anilines is 2. The molecule has 0 atom stereocenters. The molecule has 8 heteroatoms. The van der Waals surface area contributed by atoms with Crippen molar-refractivity contribution in [1.29, 1.82) is 0 Å². The van der Waals surface area contributed by atoms with E-state index in [9.17, 15) is 19.7 Å². The first-order chi connectivity index (χ1) is 11.8. The summed E-state index contributed by atoms with van der Waals surface area (Å²) in [7, 11) is 0. The SMILES string of the molecule is CC(=O)Nc1ccc(NC(=O)/C=C/c2ccc(Cl)c([N+](=O)[O-])c2)cc1. The summed E-state index contributed by atoms with van der Waals surface area (Å²) in [5, 5.41) is 16.1. The summed E-state index contributed by atoms with van der Waals surface area (Å²) in [5.74, 6) is -0.582. The van der Waals surface area contributed by atoms with E-state index in [1.165, 1.54) is 31.2 Å². The summed E-state index contributed by atoms with van der Waals surface area (Å²) in [6, 6.07) is 10.9. The average molecular weight is 360 g/mol. The number of carbonyl (C=O) groups excluding carboxylic acids is 2. The summed E-state index contributed by atoms with van der Waals surface area (Å²) in [6.45, 7) is 1.40. The van der Waals surface area contributed by atoms with E-state index < -0.39 is 10.8 Å². The third-order valence-corrected chi connectivity index (χ3v) is 3.39. The molecular formula is C17H14ClN3O4. The van der Waals surface area contributed by atoms with Crippen molar-refractivity contribution in [2.24, 2.45) is 0 Å². The van der Waals surface area contributed by atoms with Crippen molar-refractivity contribution in [2.75, 3.05) is 10.6 Å². The lowest BCUT2D eigenvalue weighted by molar-refractivity contribution is -0.384. The minimum absolute atomic E-state index is 0.0332. The van der Waals surface area contributed by atoms with Crippen LogP contribution in [0.4, 0.5) is 17.1 Å². The summed E-state index contributed by atoms with van der Waals surface area (Å²) < 4.78 is 0. The van der Waals surface area contributed by atoms with E-state index in [2.05, 4.69) is 10.6 Å². The monoisotopic (exact) mass is 359 g/mol. The van der Waals surface area contributed by atoms with Crippen LogP contribution in [0, 0.1) is 10.1 Å². The van der Waals surface area contributed by atoms with Crippen LogP contribution >= 0.6 is 11.6 Å². The van der Waals surface area contributed by atoms with Crippen molar-refractivity contribution in [3.63, 3.8) is 0 Å². The molecule has 0 fully saturated rings. The highest BCUT2D eigenvalue weighted by atomic mass is 35.5. The predicted molar refractivity (Wildman–Crippen MR) is 96.5 cm³/mol. The smallest absolute Gasteiger partial charge is 0.288 e. The van der Waals surface area contributed by atoms with E-state index in [0.29, 0.717) is 16.9 Å². The zero-order chi connectivity index (χ0) is 18.4. The molecule has 2 aromatic carbocycles. The number of nitrogens with one attached hydrogen (secondary N) is 2. The zero-order valence-corrected chi connectivity index (χ0v) is 13.9. The molecular weight excluding hydrogens is 346 g/mol. The molecule has 2 amide bonds. The molecule has 0 unspecified atom stereocenters. The van der Waals surface area contributed by atoms with Gasteiger partial charge in [0, 0.05) is 30.4 Å². The predicted octanol–water partition coefficient (Wildman–Crippen LogP) is 3.86. The first-order valence-electron chi connectivity index (χ1n) is 7.16. The van der Waals surface area contributed by atoms with Crippen LogP contribution in [-0.2, 0) is 9.59 Å². The number of hydrogen-bond acceptors (Lipinski definition) is 4. The lowest BCUT2D eigenvalue weighted by Crippen LogP contribution is -2.08. The van der Waals surface area contributed by atoms with Gasteiger partial charge in [0.2, 0.25) is 11.8 Å². The van der Waals surface area contributed by atoms with Crippen LogP contribution in [0.1, 0.15) is 12.5 Å². The van der Waals surface area contributed by atoms with Crippen LogP contribution in [0.5, 0.6) is 0 Å². The van der Waals surface area contributed by atoms with Crippen molar-refractivity contribution in [1.82, 2.24) is 0 Å². The Balaban J connectivity index is 2.02. The Morgan fingerprint density at radius 2 is 1.68 bits per heavy atom. The Kier molecular flexibility index (Phi) is 5.86. The third kappa shape index (κ3) is 5.43. The first-order valence-corrected chi connectivity index (χ1v) is 7.53. The van der Waals surface area contributed by atoms with Crippen LogP contribution < -0.4 is 10.6 Å². The molecule has 0 aliphatic carbocycles. The van der Waals surface area contributed by atoms with Crippen molar-refractivity contribution in [3.05, 3.63) is 69.2 Å². The van der Waals surface area contributed by atoms with Gasteiger partial charge in [-0.1, -0.05) is 17.7 Å². The number of hydrogen-bond donors (Lipinski definition) is 2. The van der Waals surface area contributed by atoms with Crippen LogP contribution in [0.15, 0.2) is 48.5 Å². The highest BCUT2D eigenvalue weighted by molar-refractivity contribution is 6.32. The number of amides is 2. The van der Waals surface area contributed by atoms with Crippen LogP contribution in [0.2, 0.25) is 5.02 Å². The van der Waals surface area contributed by atoms with Crippen molar-refractivity contribution >= 4 is 46.6 Å². The first kappa shape index (κ1) is 18.2. The van der Waals surface area contributed by atoms with Crippen LogP contribution in [0.3, 0.4) is 0 Å². The molecule has 0 saturated carbocycles. The molecule has 7 nitrogen and oxygen atoms in total. The molecule has 0 aliphatic heterocycles. The number of nitro benzene ring substituents is 1. The fourth-order valence-electron chi connectivity index (χ4n) is 1.97. The summed E-state index contributed by atoms with van der Waals surface area (Å²) in [6.07, 6.45) is 2.71. The number of rotatable bonds is 5. The summed E-state index contributed by atoms with van der Waals surface area (Å²) in [5.41, 5.74) is 1.42. The Morgan fingerprint density at radius 1 is 1.08 bits per heavy atom. The average Bonchev–Trinajstić information content (AvgIpc) is 2.55. The number of nitrogens with zero attached hydrogens (tertiary/aromatic N) is 1. The fraction of sp³-hybridized carbons (Fsp3) is 0.0588. The second-order valence-corrected chi connectivity index (χ2v) is 5.46. The highest BCUT2D eigenvalue weighted by Crippen LogP contribution is 2.25. The van der Waals surface area contributed by atoms with Gasteiger partial charge in [0.1, 0.15) is 5.02 Å². The molecule has 25 heavy (non-hydrogen) atoms. The quantitative estimate of drug-likeness (QED) is 0.480. The normalized spacial score (nSPS) is 10.5. The maximum atomic E-state index is 11.9. The number of carbonyl (C=O) groups is 2. The molecule has 0 radical (unpaired) electrons. The maximum Gasteiger partial charge on any atom is 0.288 e. The van der Waals surface area contributed by atoms with Gasteiger partial charge in [-0.2, -0.15) is 0 Å². The molecule has 0 heterocycles. The molecule has 2 aromatic rings. The Hall–Kier alpha value is -3.19. The molecule has 128 valence electrons. The standard InChI is InChI=1S/C17H14ClN3O4/c1-11(22)19-13-4-6-14(7-5-13)20-17(23)9-3-12-2-8-15(18)16(10-12)21(24)25/h2-10H,1H3,(H,19,22)(H,20,23)/b9-3+. The van der Waals surface area contributed by atoms with E-state index in [0.717, 1.165) is 0 Å². The van der Waals surface area contributed by atoms with Gasteiger partial charge in [-0.05, 0) is 42.0 Å². The van der Waals surface area contributed by atoms with Crippen molar-refractivity contribution < 1.29 is 14.5 Å². The summed E-state index contributed by atoms with van der Waals surface area (Å²) in [4.78, 5) is 33.1. The van der Waals surface area contributed by atoms with Gasteiger partial charge >= 0.3 is 0 Å². The fourth-order valence-corrected chi connectivity index (χ4v) is 2.16. The van der Waals surface area contributed by atoms with Gasteiger partial charge < -0.3 is 10.6 Å². The second kappa shape index (κ2) is 8.07. The van der Waals surface area contributed by atoms with E-state index in [1.807, 2.05) is 0 Å². The van der Waals surface area contributed by atoms with E-state index in [-0.39, 0.29) is 16.6 Å². The number of nitro groups is 1. The number of halogens is 1. The van der Waals surface area contributed by atoms with Gasteiger partial charge in [0.25, 0.3) is 5.69 Å². The Bertz CT molecular complexity index is 847. The lowest BCUT2D eigenvalue weighted by Gasteiger charge is -2.05. The van der Waals surface area contributed by atoms with Gasteiger partial charge in [-0.15, -0.1) is 0 Å². The number of benzene rings is 2. The largest absolute Gasteiger partial charge is 0.326 e.